The minimum atomic E-state index is -0.316. The first kappa shape index (κ1) is 16.2. The molecule has 1 atom stereocenters. The molecule has 0 aliphatic carbocycles. The highest BCUT2D eigenvalue weighted by molar-refractivity contribution is 6.03. The average molecular weight is 322 g/mol. The second kappa shape index (κ2) is 6.87. The third-order valence-electron chi connectivity index (χ3n) is 4.44. The summed E-state index contributed by atoms with van der Waals surface area (Å²) < 4.78 is 0. The Morgan fingerprint density at radius 1 is 1.21 bits per heavy atom. The van der Waals surface area contributed by atoms with Crippen molar-refractivity contribution in [2.45, 2.75) is 26.7 Å². The molecule has 24 heavy (non-hydrogen) atoms. The van der Waals surface area contributed by atoms with Gasteiger partial charge in [0.05, 0.1) is 5.92 Å². The van der Waals surface area contributed by atoms with E-state index in [4.69, 9.17) is 0 Å². The van der Waals surface area contributed by atoms with Crippen molar-refractivity contribution in [3.05, 3.63) is 59.7 Å². The van der Waals surface area contributed by atoms with E-state index in [9.17, 15) is 9.59 Å². The van der Waals surface area contributed by atoms with Crippen molar-refractivity contribution < 1.29 is 9.59 Å². The molecule has 3 rings (SSSR count). The van der Waals surface area contributed by atoms with E-state index in [0.717, 1.165) is 23.4 Å². The van der Waals surface area contributed by atoms with Crippen molar-refractivity contribution >= 4 is 23.2 Å². The van der Waals surface area contributed by atoms with E-state index in [2.05, 4.69) is 12.2 Å². The molecule has 1 N–H and O–H groups in total. The Labute approximate surface area is 142 Å². The van der Waals surface area contributed by atoms with Gasteiger partial charge in [0.25, 0.3) is 0 Å². The summed E-state index contributed by atoms with van der Waals surface area (Å²) in [6.45, 7) is 4.51. The van der Waals surface area contributed by atoms with Crippen molar-refractivity contribution in [2.75, 3.05) is 16.8 Å². The maximum Gasteiger partial charge on any atom is 0.229 e. The second-order valence-electron chi connectivity index (χ2n) is 6.28. The fourth-order valence-electron chi connectivity index (χ4n) is 3.01. The number of carbonyl (C=O) groups is 2. The van der Waals surface area contributed by atoms with Gasteiger partial charge in [0.15, 0.2) is 0 Å². The lowest BCUT2D eigenvalue weighted by Crippen LogP contribution is -2.28. The molecule has 2 amide bonds. The first-order valence-electron chi connectivity index (χ1n) is 8.33. The summed E-state index contributed by atoms with van der Waals surface area (Å²) in [7, 11) is 0. The first-order valence-corrected chi connectivity index (χ1v) is 8.33. The summed E-state index contributed by atoms with van der Waals surface area (Å²) in [4.78, 5) is 26.5. The van der Waals surface area contributed by atoms with E-state index in [1.807, 2.05) is 55.5 Å². The van der Waals surface area contributed by atoms with Gasteiger partial charge in [-0.15, -0.1) is 0 Å². The number of benzene rings is 2. The molecular formula is C20H22N2O2. The predicted octanol–water partition coefficient (Wildman–Crippen LogP) is 3.55. The molecule has 0 radical (unpaired) electrons. The Morgan fingerprint density at radius 2 is 1.96 bits per heavy atom. The van der Waals surface area contributed by atoms with Crippen molar-refractivity contribution in [3.63, 3.8) is 0 Å². The van der Waals surface area contributed by atoms with E-state index < -0.39 is 0 Å². The van der Waals surface area contributed by atoms with E-state index >= 15 is 0 Å². The van der Waals surface area contributed by atoms with Crippen LogP contribution >= 0.6 is 0 Å². The number of rotatable bonds is 4. The fourth-order valence-corrected chi connectivity index (χ4v) is 3.01. The van der Waals surface area contributed by atoms with Gasteiger partial charge in [0.1, 0.15) is 0 Å². The Balaban J connectivity index is 1.68. The van der Waals surface area contributed by atoms with Gasteiger partial charge in [-0.2, -0.15) is 0 Å². The molecule has 0 bridgehead atoms. The fraction of sp³-hybridized carbons (Fsp3) is 0.300. The van der Waals surface area contributed by atoms with Crippen LogP contribution in [0, 0.1) is 12.8 Å². The number of hydrogen-bond donors (Lipinski definition) is 1. The smallest absolute Gasteiger partial charge is 0.229 e. The van der Waals surface area contributed by atoms with E-state index in [0.29, 0.717) is 6.54 Å². The molecule has 2 aromatic carbocycles. The van der Waals surface area contributed by atoms with Crippen LogP contribution < -0.4 is 10.2 Å². The van der Waals surface area contributed by atoms with Crippen LogP contribution in [-0.4, -0.2) is 18.4 Å². The maximum absolute atomic E-state index is 12.5. The molecular weight excluding hydrogens is 300 g/mol. The van der Waals surface area contributed by atoms with Gasteiger partial charge in [-0.1, -0.05) is 31.2 Å². The average Bonchev–Trinajstić information content (AvgIpc) is 2.97. The van der Waals surface area contributed by atoms with Crippen LogP contribution in [0.15, 0.2) is 48.5 Å². The second-order valence-corrected chi connectivity index (χ2v) is 6.28. The van der Waals surface area contributed by atoms with Crippen LogP contribution in [0.5, 0.6) is 0 Å². The zero-order valence-electron chi connectivity index (χ0n) is 14.1. The summed E-state index contributed by atoms with van der Waals surface area (Å²) in [6, 6.07) is 15.7. The molecule has 1 heterocycles. The zero-order chi connectivity index (χ0) is 17.1. The molecule has 1 saturated heterocycles. The zero-order valence-corrected chi connectivity index (χ0v) is 14.1. The minimum absolute atomic E-state index is 0.00337. The summed E-state index contributed by atoms with van der Waals surface area (Å²) in [5.74, 6) is -0.408. The molecule has 0 unspecified atom stereocenters. The van der Waals surface area contributed by atoms with Crippen LogP contribution in [0.4, 0.5) is 11.4 Å². The summed E-state index contributed by atoms with van der Waals surface area (Å²) in [5.41, 5.74) is 3.97. The van der Waals surface area contributed by atoms with Gasteiger partial charge in [0, 0.05) is 24.3 Å². The van der Waals surface area contributed by atoms with Crippen LogP contribution in [0.1, 0.15) is 24.5 Å². The lowest BCUT2D eigenvalue weighted by Gasteiger charge is -2.17. The quantitative estimate of drug-likeness (QED) is 0.936. The summed E-state index contributed by atoms with van der Waals surface area (Å²) >= 11 is 0. The lowest BCUT2D eigenvalue weighted by atomic mass is 10.1. The van der Waals surface area contributed by atoms with Gasteiger partial charge in [-0.25, -0.2) is 0 Å². The molecule has 124 valence electrons. The monoisotopic (exact) mass is 322 g/mol. The Morgan fingerprint density at radius 3 is 2.62 bits per heavy atom. The summed E-state index contributed by atoms with van der Waals surface area (Å²) in [5, 5.41) is 2.92. The number of anilines is 2. The number of nitrogens with one attached hydrogen (secondary N) is 1. The van der Waals surface area contributed by atoms with Gasteiger partial charge in [0.2, 0.25) is 11.8 Å². The molecule has 4 heteroatoms. The highest BCUT2D eigenvalue weighted by atomic mass is 16.2. The SMILES string of the molecule is CCc1ccc(N2C[C@@H](C(=O)Nc3cccc(C)c3)CC2=O)cc1. The molecule has 1 aliphatic rings. The van der Waals surface area contributed by atoms with E-state index in [1.165, 1.54) is 5.56 Å². The Bertz CT molecular complexity index is 752. The number of hydrogen-bond acceptors (Lipinski definition) is 2. The van der Waals surface area contributed by atoms with Crippen molar-refractivity contribution in [3.8, 4) is 0 Å². The number of carbonyl (C=O) groups excluding carboxylic acids is 2. The standard InChI is InChI=1S/C20H22N2O2/c1-3-15-7-9-18(10-8-15)22-13-16(12-19(22)23)20(24)21-17-6-4-5-14(2)11-17/h4-11,16H,3,12-13H2,1-2H3,(H,21,24)/t16-/m0/s1. The largest absolute Gasteiger partial charge is 0.326 e. The van der Waals surface area contributed by atoms with Crippen LogP contribution in [0.3, 0.4) is 0 Å². The molecule has 1 aliphatic heterocycles. The van der Waals surface area contributed by atoms with Gasteiger partial charge >= 0.3 is 0 Å². The Hall–Kier alpha value is -2.62. The number of nitrogens with zero attached hydrogens (tertiary/aromatic N) is 1. The molecule has 1 fully saturated rings. The van der Waals surface area contributed by atoms with Gasteiger partial charge in [-0.05, 0) is 48.7 Å². The Kier molecular flexibility index (Phi) is 4.65. The van der Waals surface area contributed by atoms with E-state index in [-0.39, 0.29) is 24.2 Å². The van der Waals surface area contributed by atoms with E-state index in [1.54, 1.807) is 4.90 Å². The van der Waals surface area contributed by atoms with Crippen molar-refractivity contribution in [1.82, 2.24) is 0 Å². The molecule has 0 saturated carbocycles. The highest BCUT2D eigenvalue weighted by Crippen LogP contribution is 2.26. The molecule has 2 aromatic rings. The van der Waals surface area contributed by atoms with Crippen LogP contribution in [0.2, 0.25) is 0 Å². The molecule has 0 aromatic heterocycles. The first-order chi connectivity index (χ1) is 11.6. The maximum atomic E-state index is 12.5. The van der Waals surface area contributed by atoms with Crippen molar-refractivity contribution in [2.24, 2.45) is 5.92 Å². The topological polar surface area (TPSA) is 49.4 Å². The molecule has 4 nitrogen and oxygen atoms in total. The normalized spacial score (nSPS) is 17.2. The third kappa shape index (κ3) is 3.48. The minimum Gasteiger partial charge on any atom is -0.326 e. The third-order valence-corrected chi connectivity index (χ3v) is 4.44. The van der Waals surface area contributed by atoms with Gasteiger partial charge < -0.3 is 10.2 Å². The number of aryl methyl sites for hydroxylation is 2. The molecule has 0 spiro atoms. The van der Waals surface area contributed by atoms with Crippen LogP contribution in [0.25, 0.3) is 0 Å². The van der Waals surface area contributed by atoms with Crippen LogP contribution in [-0.2, 0) is 16.0 Å². The summed E-state index contributed by atoms with van der Waals surface area (Å²) in [6.07, 6.45) is 1.23. The lowest BCUT2D eigenvalue weighted by molar-refractivity contribution is -0.122. The number of amides is 2. The predicted molar refractivity (Wildman–Crippen MR) is 96.1 cm³/mol. The highest BCUT2D eigenvalue weighted by Gasteiger charge is 2.35. The van der Waals surface area contributed by atoms with Gasteiger partial charge in [-0.3, -0.25) is 9.59 Å². The van der Waals surface area contributed by atoms with Crippen molar-refractivity contribution in [1.29, 1.82) is 0 Å².